The molecule has 0 aromatic heterocycles. The molecule has 10 heteroatoms. The fourth-order valence-electron chi connectivity index (χ4n) is 10.7. The Kier molecular flexibility index (Phi) is 61.5. The monoisotopic (exact) mass is 1190 g/mol. The Morgan fingerprint density at radius 2 is 0.735 bits per heavy atom. The molecule has 0 saturated heterocycles. The van der Waals surface area contributed by atoms with Gasteiger partial charge < -0.3 is 19.4 Å². The maximum atomic E-state index is 13.6. The lowest BCUT2D eigenvalue weighted by atomic mass is 10.0. The zero-order valence-corrected chi connectivity index (χ0v) is 56.8. The molecule has 0 aliphatic heterocycles. The number of amides is 1. The van der Waals surface area contributed by atoms with Gasteiger partial charge in [0, 0.05) is 12.8 Å². The van der Waals surface area contributed by atoms with Crippen LogP contribution in [0.4, 0.5) is 0 Å². The fourth-order valence-corrected chi connectivity index (χ4v) is 11.4. The van der Waals surface area contributed by atoms with E-state index in [9.17, 15) is 19.0 Å². The number of hydrogen-bond donors (Lipinski definition) is 2. The second kappa shape index (κ2) is 63.0. The molecule has 0 radical (unpaired) electrons. The van der Waals surface area contributed by atoms with Crippen LogP contribution in [0.3, 0.4) is 0 Å². The predicted octanol–water partition coefficient (Wildman–Crippen LogP) is 22.8. The normalized spacial score (nSPS) is 13.8. The topological polar surface area (TPSA) is 111 Å². The minimum absolute atomic E-state index is 0.0417. The largest absolute Gasteiger partial charge is 0.472 e. The molecule has 0 heterocycles. The van der Waals surface area contributed by atoms with E-state index in [0.29, 0.717) is 23.9 Å². The van der Waals surface area contributed by atoms with E-state index in [2.05, 4.69) is 62.5 Å². The number of phosphoric acid groups is 1. The van der Waals surface area contributed by atoms with Crippen LogP contribution in [0, 0.1) is 0 Å². The van der Waals surface area contributed by atoms with Crippen LogP contribution in [0.15, 0.2) is 48.6 Å². The summed E-state index contributed by atoms with van der Waals surface area (Å²) >= 11 is 0. The van der Waals surface area contributed by atoms with Gasteiger partial charge in [0.15, 0.2) is 0 Å². The zero-order valence-electron chi connectivity index (χ0n) is 56.0. The summed E-state index contributed by atoms with van der Waals surface area (Å²) in [5.41, 5.74) is 0. The first-order valence-corrected chi connectivity index (χ1v) is 37.5. The van der Waals surface area contributed by atoms with Crippen molar-refractivity contribution in [3.05, 3.63) is 48.6 Å². The minimum atomic E-state index is -4.45. The molecule has 2 N–H and O–H groups in total. The van der Waals surface area contributed by atoms with Gasteiger partial charge in [-0.3, -0.25) is 18.6 Å². The van der Waals surface area contributed by atoms with E-state index in [1.807, 2.05) is 33.3 Å². The predicted molar refractivity (Wildman–Crippen MR) is 360 cm³/mol. The van der Waals surface area contributed by atoms with Crippen molar-refractivity contribution >= 4 is 19.7 Å². The second-order valence-corrected chi connectivity index (χ2v) is 27.2. The summed E-state index contributed by atoms with van der Waals surface area (Å²) in [5.74, 6) is -0.491. The van der Waals surface area contributed by atoms with Gasteiger partial charge in [0.05, 0.1) is 33.8 Å². The highest BCUT2D eigenvalue weighted by atomic mass is 31.2. The van der Waals surface area contributed by atoms with E-state index < -0.39 is 20.0 Å². The van der Waals surface area contributed by atoms with Crippen LogP contribution in [0.25, 0.3) is 0 Å². The number of quaternary nitrogens is 1. The van der Waals surface area contributed by atoms with Gasteiger partial charge in [0.1, 0.15) is 19.3 Å². The maximum Gasteiger partial charge on any atom is 0.472 e. The number of likely N-dealkylation sites (N-methyl/N-ethyl adjacent to an activating group) is 1. The van der Waals surface area contributed by atoms with E-state index in [0.717, 1.165) is 64.2 Å². The molecule has 9 nitrogen and oxygen atoms in total. The number of esters is 1. The number of carbonyl (C=O) groups excluding carboxylic acids is 2. The number of nitrogens with zero attached hydrogens (tertiary/aromatic N) is 1. The Balaban J connectivity index is 4.98. The molecule has 3 atom stereocenters. The lowest BCUT2D eigenvalue weighted by molar-refractivity contribution is -0.870. The van der Waals surface area contributed by atoms with Gasteiger partial charge in [-0.15, -0.1) is 0 Å². The summed E-state index contributed by atoms with van der Waals surface area (Å²) in [5, 5.41) is 3.07. The third kappa shape index (κ3) is 64.3. The smallest absolute Gasteiger partial charge is 0.456 e. The maximum absolute atomic E-state index is 13.6. The molecular weight excluding hydrogens is 1050 g/mol. The van der Waals surface area contributed by atoms with Crippen molar-refractivity contribution in [1.29, 1.82) is 0 Å². The first-order valence-electron chi connectivity index (χ1n) is 36.0. The highest BCUT2D eigenvalue weighted by molar-refractivity contribution is 7.47. The Morgan fingerprint density at radius 3 is 1.12 bits per heavy atom. The van der Waals surface area contributed by atoms with Gasteiger partial charge in [-0.1, -0.05) is 301 Å². The molecule has 0 saturated carbocycles. The average Bonchev–Trinajstić information content (AvgIpc) is 3.51. The fraction of sp³-hybridized carbons (Fsp3) is 0.863. The molecule has 3 unspecified atom stereocenters. The number of hydrogen-bond acceptors (Lipinski definition) is 6. The molecule has 0 aromatic carbocycles. The average molecular weight is 1190 g/mol. The van der Waals surface area contributed by atoms with Crippen LogP contribution in [-0.2, 0) is 27.9 Å². The summed E-state index contributed by atoms with van der Waals surface area (Å²) in [6, 6.07) is -0.847. The molecule has 0 aromatic rings. The SMILES string of the molecule is CCCCC/C=C\C/C=C\CCCCCCCCCCCCCCCCCC(=O)NC(COP(=O)(O)OCC[N+](C)(C)C)C(/C=C\CCCCCCCCCCC)OC(=O)CCCCCCCCCCCCC/C=C/CCCCCCCC. The number of allylic oxidation sites excluding steroid dienone is 7. The molecule has 0 fully saturated rings. The lowest BCUT2D eigenvalue weighted by Gasteiger charge is -2.27. The zero-order chi connectivity index (χ0) is 60.7. The number of carbonyl (C=O) groups is 2. The number of phosphoric ester groups is 1. The van der Waals surface area contributed by atoms with E-state index in [-0.39, 0.29) is 25.1 Å². The number of rotatable bonds is 66. The quantitative estimate of drug-likeness (QED) is 0.0205. The third-order valence-electron chi connectivity index (χ3n) is 16.2. The van der Waals surface area contributed by atoms with Gasteiger partial charge in [0.2, 0.25) is 5.91 Å². The van der Waals surface area contributed by atoms with Gasteiger partial charge in [0.25, 0.3) is 0 Å². The second-order valence-electron chi connectivity index (χ2n) is 25.8. The van der Waals surface area contributed by atoms with E-state index in [4.69, 9.17) is 13.8 Å². The van der Waals surface area contributed by atoms with Gasteiger partial charge >= 0.3 is 13.8 Å². The third-order valence-corrected chi connectivity index (χ3v) is 17.2. The number of nitrogens with one attached hydrogen (secondary N) is 1. The van der Waals surface area contributed by atoms with Gasteiger partial charge in [-0.2, -0.15) is 0 Å². The Labute approximate surface area is 516 Å². The van der Waals surface area contributed by atoms with Crippen LogP contribution in [0.5, 0.6) is 0 Å². The van der Waals surface area contributed by atoms with Crippen molar-refractivity contribution in [2.75, 3.05) is 40.9 Å². The standard InChI is InChI=1S/C73H139N2O7P/c1-7-10-13-16-19-22-25-27-29-31-33-35-36-37-38-40-41-43-45-47-50-53-56-59-62-65-72(76)74-70(69-81-83(78,79)80-68-67-75(4,5)6)71(64-61-58-55-52-49-24-21-18-15-12-9-3)82-73(77)66-63-60-57-54-51-48-46-44-42-39-34-32-30-28-26-23-20-17-14-11-8-2/h19,22,27-30,61,64,70-71H,7-18,20-21,23-26,31-60,62-63,65-69H2,1-6H3,(H-,74,76,78,79)/p+1/b22-19-,29-27-,30-28+,64-61-. The lowest BCUT2D eigenvalue weighted by Crippen LogP contribution is -2.47. The minimum Gasteiger partial charge on any atom is -0.456 e. The highest BCUT2D eigenvalue weighted by Crippen LogP contribution is 2.43. The molecule has 0 bridgehead atoms. The number of ether oxygens (including phenoxy) is 1. The molecule has 0 aliphatic carbocycles. The van der Waals surface area contributed by atoms with Crippen LogP contribution in [0.2, 0.25) is 0 Å². The van der Waals surface area contributed by atoms with Crippen molar-refractivity contribution in [2.24, 2.45) is 0 Å². The van der Waals surface area contributed by atoms with Crippen molar-refractivity contribution < 1.29 is 37.3 Å². The summed E-state index contributed by atoms with van der Waals surface area (Å²) in [4.78, 5) is 37.9. The number of unbranched alkanes of at least 4 members (excludes halogenated alkanes) is 44. The van der Waals surface area contributed by atoms with Crippen molar-refractivity contribution in [3.8, 4) is 0 Å². The van der Waals surface area contributed by atoms with Crippen molar-refractivity contribution in [2.45, 2.75) is 367 Å². The van der Waals surface area contributed by atoms with E-state index >= 15 is 0 Å². The summed E-state index contributed by atoms with van der Waals surface area (Å²) in [7, 11) is 1.51. The Hall–Kier alpha value is -2.03. The molecule has 488 valence electrons. The molecular formula is C73H140N2O7P+. The summed E-state index contributed by atoms with van der Waals surface area (Å²) < 4.78 is 30.8. The first kappa shape index (κ1) is 81.0. The van der Waals surface area contributed by atoms with Gasteiger partial charge in [-0.05, 0) is 89.5 Å². The van der Waals surface area contributed by atoms with Gasteiger partial charge in [-0.25, -0.2) is 4.57 Å². The molecule has 1 amide bonds. The van der Waals surface area contributed by atoms with Crippen LogP contribution in [0.1, 0.15) is 355 Å². The van der Waals surface area contributed by atoms with E-state index in [1.165, 1.54) is 257 Å². The Bertz CT molecular complexity index is 1560. The molecule has 0 aliphatic rings. The van der Waals surface area contributed by atoms with Crippen LogP contribution >= 0.6 is 7.82 Å². The van der Waals surface area contributed by atoms with E-state index in [1.54, 1.807) is 0 Å². The Morgan fingerprint density at radius 1 is 0.422 bits per heavy atom. The first-order chi connectivity index (χ1) is 40.4. The molecule has 0 spiro atoms. The van der Waals surface area contributed by atoms with Crippen LogP contribution in [-0.4, -0.2) is 74.3 Å². The highest BCUT2D eigenvalue weighted by Gasteiger charge is 2.30. The summed E-state index contributed by atoms with van der Waals surface area (Å²) in [6.45, 7) is 7.03. The molecule has 0 rings (SSSR count). The van der Waals surface area contributed by atoms with Crippen molar-refractivity contribution in [3.63, 3.8) is 0 Å². The van der Waals surface area contributed by atoms with Crippen molar-refractivity contribution in [1.82, 2.24) is 5.32 Å². The molecule has 83 heavy (non-hydrogen) atoms. The summed E-state index contributed by atoms with van der Waals surface area (Å²) in [6.07, 6.45) is 79.8. The van der Waals surface area contributed by atoms with Crippen LogP contribution < -0.4 is 5.32 Å².